The zero-order valence-electron chi connectivity index (χ0n) is 14.5. The molecule has 2 aromatic carbocycles. The van der Waals surface area contributed by atoms with Gasteiger partial charge in [0.2, 0.25) is 12.7 Å². The van der Waals surface area contributed by atoms with Gasteiger partial charge in [-0.3, -0.25) is 0 Å². The summed E-state index contributed by atoms with van der Waals surface area (Å²) in [6, 6.07) is 13.4. The van der Waals surface area contributed by atoms with Crippen molar-refractivity contribution >= 4 is 17.9 Å². The number of nitrogens with zero attached hydrogens (tertiary/aromatic N) is 1. The number of ether oxygens (including phenoxy) is 3. The number of fused-ring (bicyclic) bond motifs is 1. The molecule has 0 saturated heterocycles. The number of rotatable bonds is 3. The second-order valence-corrected chi connectivity index (χ2v) is 6.20. The van der Waals surface area contributed by atoms with E-state index in [1.165, 1.54) is 0 Å². The molecule has 0 spiro atoms. The summed E-state index contributed by atoms with van der Waals surface area (Å²) in [7, 11) is 0. The van der Waals surface area contributed by atoms with Crippen LogP contribution in [-0.4, -0.2) is 18.7 Å². The van der Waals surface area contributed by atoms with Crippen LogP contribution in [0.2, 0.25) is 0 Å². The molecule has 0 unspecified atom stereocenters. The van der Waals surface area contributed by atoms with Crippen molar-refractivity contribution in [1.29, 1.82) is 0 Å². The lowest BCUT2D eigenvalue weighted by Gasteiger charge is -1.99. The fraction of sp³-hybridized carbons (Fsp3) is 0.143. The standard InChI is InChI=1S/C21H17NO4/c1-13-3-6-16(7-4-13)20-22-17(21(23)26-20)10-14(2)9-15-5-8-18-19(11-15)25-12-24-18/h3-11H,12H2,1-2H3/b14-9+,17-10-. The molecule has 5 nitrogen and oxygen atoms in total. The topological polar surface area (TPSA) is 57.1 Å². The highest BCUT2D eigenvalue weighted by Crippen LogP contribution is 2.33. The molecule has 0 bridgehead atoms. The molecule has 0 fully saturated rings. The quantitative estimate of drug-likeness (QED) is 0.622. The number of aryl methyl sites for hydroxylation is 1. The second kappa shape index (κ2) is 6.52. The molecule has 5 heteroatoms. The third-order valence-electron chi connectivity index (χ3n) is 4.07. The SMILES string of the molecule is CC(/C=C1\N=C(c2ccc(C)cc2)OC1=O)=C\c1ccc2c(c1)OCO2. The lowest BCUT2D eigenvalue weighted by atomic mass is 10.1. The fourth-order valence-electron chi connectivity index (χ4n) is 2.75. The molecule has 2 heterocycles. The van der Waals surface area contributed by atoms with Crippen molar-refractivity contribution in [2.45, 2.75) is 13.8 Å². The van der Waals surface area contributed by atoms with Gasteiger partial charge in [-0.2, -0.15) is 0 Å². The summed E-state index contributed by atoms with van der Waals surface area (Å²) in [5.41, 5.74) is 4.04. The summed E-state index contributed by atoms with van der Waals surface area (Å²) in [6.45, 7) is 4.15. The number of hydrogen-bond acceptors (Lipinski definition) is 5. The van der Waals surface area contributed by atoms with Gasteiger partial charge in [-0.05, 0) is 55.3 Å². The van der Waals surface area contributed by atoms with Gasteiger partial charge in [0.15, 0.2) is 17.2 Å². The molecule has 0 amide bonds. The molecule has 130 valence electrons. The van der Waals surface area contributed by atoms with E-state index in [1.54, 1.807) is 6.08 Å². The summed E-state index contributed by atoms with van der Waals surface area (Å²) in [6.07, 6.45) is 3.66. The molecule has 0 aromatic heterocycles. The highest BCUT2D eigenvalue weighted by atomic mass is 16.7. The third-order valence-corrected chi connectivity index (χ3v) is 4.07. The van der Waals surface area contributed by atoms with Crippen molar-refractivity contribution < 1.29 is 19.0 Å². The van der Waals surface area contributed by atoms with E-state index < -0.39 is 5.97 Å². The van der Waals surface area contributed by atoms with Gasteiger partial charge in [-0.25, -0.2) is 9.79 Å². The summed E-state index contributed by atoms with van der Waals surface area (Å²) in [5.74, 6) is 1.35. The number of aliphatic imine (C=N–C) groups is 1. The molecule has 0 saturated carbocycles. The first-order valence-electron chi connectivity index (χ1n) is 8.26. The molecule has 0 aliphatic carbocycles. The summed E-state index contributed by atoms with van der Waals surface area (Å²) in [4.78, 5) is 16.4. The Morgan fingerprint density at radius 1 is 1.08 bits per heavy atom. The van der Waals surface area contributed by atoms with E-state index in [0.29, 0.717) is 5.90 Å². The molecule has 0 radical (unpaired) electrons. The Balaban J connectivity index is 1.58. The van der Waals surface area contributed by atoms with Crippen molar-refractivity contribution in [3.63, 3.8) is 0 Å². The molecule has 26 heavy (non-hydrogen) atoms. The van der Waals surface area contributed by atoms with Gasteiger partial charge in [0.25, 0.3) is 0 Å². The van der Waals surface area contributed by atoms with E-state index in [1.807, 2.05) is 62.4 Å². The highest BCUT2D eigenvalue weighted by Gasteiger charge is 2.24. The largest absolute Gasteiger partial charge is 0.454 e. The normalized spacial score (nSPS) is 17.5. The van der Waals surface area contributed by atoms with Crippen LogP contribution < -0.4 is 9.47 Å². The smallest absolute Gasteiger partial charge is 0.363 e. The maximum absolute atomic E-state index is 12.1. The third kappa shape index (κ3) is 3.24. The zero-order valence-corrected chi connectivity index (χ0v) is 14.5. The van der Waals surface area contributed by atoms with Gasteiger partial charge in [0.1, 0.15) is 0 Å². The van der Waals surface area contributed by atoms with Gasteiger partial charge >= 0.3 is 5.97 Å². The number of benzene rings is 2. The van der Waals surface area contributed by atoms with E-state index in [9.17, 15) is 4.79 Å². The van der Waals surface area contributed by atoms with Crippen LogP contribution in [0.15, 0.2) is 64.8 Å². The van der Waals surface area contributed by atoms with Crippen LogP contribution in [0.1, 0.15) is 23.6 Å². The van der Waals surface area contributed by atoms with Gasteiger partial charge in [0, 0.05) is 5.56 Å². The minimum Gasteiger partial charge on any atom is -0.454 e. The van der Waals surface area contributed by atoms with Crippen LogP contribution in [-0.2, 0) is 9.53 Å². The molecule has 0 atom stereocenters. The number of hydrogen-bond donors (Lipinski definition) is 0. The van der Waals surface area contributed by atoms with Crippen molar-refractivity contribution in [2.24, 2.45) is 4.99 Å². The van der Waals surface area contributed by atoms with E-state index in [0.717, 1.165) is 33.8 Å². The number of allylic oxidation sites excluding steroid dienone is 2. The van der Waals surface area contributed by atoms with Crippen LogP contribution in [0.4, 0.5) is 0 Å². The van der Waals surface area contributed by atoms with Gasteiger partial charge in [-0.15, -0.1) is 0 Å². The van der Waals surface area contributed by atoms with E-state index >= 15 is 0 Å². The van der Waals surface area contributed by atoms with Crippen molar-refractivity contribution in [1.82, 2.24) is 0 Å². The first-order chi connectivity index (χ1) is 12.6. The Kier molecular flexibility index (Phi) is 4.05. The molecule has 2 aliphatic rings. The molecule has 4 rings (SSSR count). The number of carbonyl (C=O) groups excluding carboxylic acids is 1. The highest BCUT2D eigenvalue weighted by molar-refractivity contribution is 6.11. The van der Waals surface area contributed by atoms with E-state index in [4.69, 9.17) is 14.2 Å². The van der Waals surface area contributed by atoms with Crippen molar-refractivity contribution in [3.8, 4) is 11.5 Å². The minimum atomic E-state index is -0.445. The van der Waals surface area contributed by atoms with E-state index in [2.05, 4.69) is 4.99 Å². The van der Waals surface area contributed by atoms with Crippen molar-refractivity contribution in [2.75, 3.05) is 6.79 Å². The van der Waals surface area contributed by atoms with Crippen LogP contribution in [0.25, 0.3) is 6.08 Å². The molecule has 0 N–H and O–H groups in total. The lowest BCUT2D eigenvalue weighted by molar-refractivity contribution is -0.130. The van der Waals surface area contributed by atoms with Gasteiger partial charge in [0.05, 0.1) is 0 Å². The van der Waals surface area contributed by atoms with Crippen LogP contribution in [0.3, 0.4) is 0 Å². The Labute approximate surface area is 151 Å². The van der Waals surface area contributed by atoms with Gasteiger partial charge < -0.3 is 14.2 Å². The first-order valence-corrected chi connectivity index (χ1v) is 8.26. The Bertz CT molecular complexity index is 968. The van der Waals surface area contributed by atoms with Crippen LogP contribution in [0, 0.1) is 6.92 Å². The maximum atomic E-state index is 12.1. The molecular formula is C21H17NO4. The molecular weight excluding hydrogens is 330 g/mol. The predicted octanol–water partition coefficient (Wildman–Crippen LogP) is 4.01. The number of carbonyl (C=O) groups is 1. The molecule has 2 aliphatic heterocycles. The van der Waals surface area contributed by atoms with Crippen LogP contribution in [0.5, 0.6) is 11.5 Å². The van der Waals surface area contributed by atoms with Gasteiger partial charge in [-0.1, -0.05) is 29.8 Å². The Hall–Kier alpha value is -3.34. The lowest BCUT2D eigenvalue weighted by Crippen LogP contribution is -2.05. The minimum absolute atomic E-state index is 0.244. The number of cyclic esters (lactones) is 1. The van der Waals surface area contributed by atoms with Crippen molar-refractivity contribution in [3.05, 3.63) is 76.5 Å². The van der Waals surface area contributed by atoms with E-state index in [-0.39, 0.29) is 12.5 Å². The number of esters is 1. The maximum Gasteiger partial charge on any atom is 0.363 e. The summed E-state index contributed by atoms with van der Waals surface area (Å²) < 4.78 is 16.0. The Morgan fingerprint density at radius 2 is 1.85 bits per heavy atom. The molecule has 2 aromatic rings. The summed E-state index contributed by atoms with van der Waals surface area (Å²) in [5, 5.41) is 0. The Morgan fingerprint density at radius 3 is 2.65 bits per heavy atom. The summed E-state index contributed by atoms with van der Waals surface area (Å²) >= 11 is 0. The first kappa shape index (κ1) is 16.1. The van der Waals surface area contributed by atoms with Crippen LogP contribution >= 0.6 is 0 Å². The monoisotopic (exact) mass is 347 g/mol. The fourth-order valence-corrected chi connectivity index (χ4v) is 2.75. The average Bonchev–Trinajstić information content (AvgIpc) is 3.22. The predicted molar refractivity (Wildman–Crippen MR) is 98.1 cm³/mol. The second-order valence-electron chi connectivity index (χ2n) is 6.20. The zero-order chi connectivity index (χ0) is 18.1. The average molecular weight is 347 g/mol.